The first kappa shape index (κ1) is 17.8. The average molecular weight is 299 g/mol. The summed E-state index contributed by atoms with van der Waals surface area (Å²) < 4.78 is 0. The van der Waals surface area contributed by atoms with Crippen LogP contribution in [-0.4, -0.2) is 53.7 Å². The van der Waals surface area contributed by atoms with Crippen molar-refractivity contribution in [2.24, 2.45) is 5.41 Å². The summed E-state index contributed by atoms with van der Waals surface area (Å²) in [5.74, 6) is -1.00. The van der Waals surface area contributed by atoms with Gasteiger partial charge < -0.3 is 20.6 Å². The Balaban J connectivity index is 2.42. The molecule has 0 aromatic heterocycles. The number of carboxylic acid groups (broad SMARTS) is 1. The zero-order valence-electron chi connectivity index (χ0n) is 13.6. The average Bonchev–Trinajstić information content (AvgIpc) is 2.37. The predicted octanol–water partition coefficient (Wildman–Crippen LogP) is 1.66. The van der Waals surface area contributed by atoms with E-state index in [1.807, 2.05) is 0 Å². The van der Waals surface area contributed by atoms with Crippen LogP contribution < -0.4 is 10.6 Å². The molecule has 0 aromatic rings. The fourth-order valence-corrected chi connectivity index (χ4v) is 2.62. The number of rotatable bonds is 5. The number of aliphatic carboxylic acids is 1. The van der Waals surface area contributed by atoms with Gasteiger partial charge in [0.05, 0.1) is 0 Å². The number of amides is 2. The number of carboxylic acids is 1. The summed E-state index contributed by atoms with van der Waals surface area (Å²) in [7, 11) is 0. The SMILES string of the molecule is CCCN1CCC(NC(=O)NC(C(=O)O)C(C)(C)C)CC1. The van der Waals surface area contributed by atoms with Gasteiger partial charge in [-0.3, -0.25) is 0 Å². The second-order valence-electron chi connectivity index (χ2n) is 6.87. The Morgan fingerprint density at radius 2 is 1.86 bits per heavy atom. The van der Waals surface area contributed by atoms with Gasteiger partial charge in [0.2, 0.25) is 0 Å². The first-order valence-electron chi connectivity index (χ1n) is 7.76. The van der Waals surface area contributed by atoms with E-state index in [1.54, 1.807) is 20.8 Å². The van der Waals surface area contributed by atoms with Crippen LogP contribution in [0.5, 0.6) is 0 Å². The first-order chi connectivity index (χ1) is 9.74. The molecule has 1 unspecified atom stereocenters. The molecule has 0 spiro atoms. The highest BCUT2D eigenvalue weighted by Gasteiger charge is 2.33. The lowest BCUT2D eigenvalue weighted by atomic mass is 9.87. The van der Waals surface area contributed by atoms with Crippen molar-refractivity contribution < 1.29 is 14.7 Å². The van der Waals surface area contributed by atoms with E-state index in [4.69, 9.17) is 0 Å². The first-order valence-corrected chi connectivity index (χ1v) is 7.76. The molecule has 1 fully saturated rings. The van der Waals surface area contributed by atoms with Crippen molar-refractivity contribution in [2.45, 2.75) is 59.0 Å². The molecule has 1 saturated heterocycles. The van der Waals surface area contributed by atoms with E-state index in [9.17, 15) is 14.7 Å². The third-order valence-corrected chi connectivity index (χ3v) is 3.85. The maximum Gasteiger partial charge on any atom is 0.326 e. The second kappa shape index (κ2) is 7.64. The highest BCUT2D eigenvalue weighted by atomic mass is 16.4. The molecule has 1 aliphatic rings. The van der Waals surface area contributed by atoms with Gasteiger partial charge in [0.1, 0.15) is 6.04 Å². The van der Waals surface area contributed by atoms with Gasteiger partial charge >= 0.3 is 12.0 Å². The predicted molar refractivity (Wildman–Crippen MR) is 82.3 cm³/mol. The zero-order valence-corrected chi connectivity index (χ0v) is 13.6. The molecule has 0 radical (unpaired) electrons. The number of hydrogen-bond acceptors (Lipinski definition) is 3. The number of hydrogen-bond donors (Lipinski definition) is 3. The molecule has 1 aliphatic heterocycles. The molecule has 1 rings (SSSR count). The maximum absolute atomic E-state index is 12.0. The summed E-state index contributed by atoms with van der Waals surface area (Å²) in [6.45, 7) is 10.6. The van der Waals surface area contributed by atoms with Crippen molar-refractivity contribution in [3.63, 3.8) is 0 Å². The minimum Gasteiger partial charge on any atom is -0.480 e. The molecule has 0 aliphatic carbocycles. The molecular formula is C15H29N3O3. The van der Waals surface area contributed by atoms with Crippen LogP contribution in [0.15, 0.2) is 0 Å². The van der Waals surface area contributed by atoms with Gasteiger partial charge in [-0.25, -0.2) is 9.59 Å². The molecule has 0 bridgehead atoms. The number of piperidine rings is 1. The van der Waals surface area contributed by atoms with Crippen LogP contribution in [0.1, 0.15) is 47.0 Å². The lowest BCUT2D eigenvalue weighted by Crippen LogP contribution is -2.55. The molecule has 21 heavy (non-hydrogen) atoms. The Hall–Kier alpha value is -1.30. The van der Waals surface area contributed by atoms with Gasteiger partial charge in [-0.05, 0) is 31.2 Å². The van der Waals surface area contributed by atoms with E-state index in [1.165, 1.54) is 0 Å². The smallest absolute Gasteiger partial charge is 0.326 e. The standard InChI is InChI=1S/C15H29N3O3/c1-5-8-18-9-6-11(7-10-18)16-14(21)17-12(13(19)20)15(2,3)4/h11-12H,5-10H2,1-4H3,(H,19,20)(H2,16,17,21). The van der Waals surface area contributed by atoms with Crippen LogP contribution in [0.3, 0.4) is 0 Å². The Morgan fingerprint density at radius 1 is 1.29 bits per heavy atom. The summed E-state index contributed by atoms with van der Waals surface area (Å²) in [6, 6.07) is -1.14. The monoisotopic (exact) mass is 299 g/mol. The molecule has 1 atom stereocenters. The summed E-state index contributed by atoms with van der Waals surface area (Å²) in [6.07, 6.45) is 2.98. The van der Waals surface area contributed by atoms with Crippen molar-refractivity contribution in [1.82, 2.24) is 15.5 Å². The molecule has 3 N–H and O–H groups in total. The number of nitrogens with zero attached hydrogens (tertiary/aromatic N) is 1. The second-order valence-corrected chi connectivity index (χ2v) is 6.87. The Bertz CT molecular complexity index is 358. The topological polar surface area (TPSA) is 81.7 Å². The van der Waals surface area contributed by atoms with Crippen molar-refractivity contribution >= 4 is 12.0 Å². The van der Waals surface area contributed by atoms with E-state index >= 15 is 0 Å². The van der Waals surface area contributed by atoms with Crippen LogP contribution in [-0.2, 0) is 4.79 Å². The van der Waals surface area contributed by atoms with Crippen LogP contribution >= 0.6 is 0 Å². The molecule has 2 amide bonds. The fraction of sp³-hybridized carbons (Fsp3) is 0.867. The van der Waals surface area contributed by atoms with Crippen molar-refractivity contribution in [3.8, 4) is 0 Å². The number of nitrogens with one attached hydrogen (secondary N) is 2. The van der Waals surface area contributed by atoms with E-state index in [0.29, 0.717) is 0 Å². The van der Waals surface area contributed by atoms with Gasteiger partial charge in [0.25, 0.3) is 0 Å². The quantitative estimate of drug-likeness (QED) is 0.721. The minimum absolute atomic E-state index is 0.132. The summed E-state index contributed by atoms with van der Waals surface area (Å²) >= 11 is 0. The number of carbonyl (C=O) groups is 2. The number of carbonyl (C=O) groups excluding carboxylic acids is 1. The van der Waals surface area contributed by atoms with Gasteiger partial charge in [-0.15, -0.1) is 0 Å². The minimum atomic E-state index is -1.00. The van der Waals surface area contributed by atoms with E-state index in [2.05, 4.69) is 22.5 Å². The van der Waals surface area contributed by atoms with Gasteiger partial charge in [0.15, 0.2) is 0 Å². The van der Waals surface area contributed by atoms with Gasteiger partial charge in [-0.2, -0.15) is 0 Å². The molecule has 6 heteroatoms. The molecule has 1 heterocycles. The molecule has 0 saturated carbocycles. The molecule has 122 valence electrons. The van der Waals surface area contributed by atoms with Gasteiger partial charge in [0, 0.05) is 19.1 Å². The van der Waals surface area contributed by atoms with E-state index < -0.39 is 17.4 Å². The molecular weight excluding hydrogens is 270 g/mol. The molecule has 6 nitrogen and oxygen atoms in total. The lowest BCUT2D eigenvalue weighted by molar-refractivity contribution is -0.141. The summed E-state index contributed by atoms with van der Waals surface area (Å²) in [5, 5.41) is 14.7. The zero-order chi connectivity index (χ0) is 16.0. The lowest BCUT2D eigenvalue weighted by Gasteiger charge is -2.33. The largest absolute Gasteiger partial charge is 0.480 e. The molecule has 0 aromatic carbocycles. The van der Waals surface area contributed by atoms with E-state index in [0.717, 1.165) is 38.9 Å². The van der Waals surface area contributed by atoms with Gasteiger partial charge in [-0.1, -0.05) is 27.7 Å². The Kier molecular flexibility index (Phi) is 6.45. The van der Waals surface area contributed by atoms with Crippen molar-refractivity contribution in [3.05, 3.63) is 0 Å². The van der Waals surface area contributed by atoms with Crippen LogP contribution in [0.25, 0.3) is 0 Å². The highest BCUT2D eigenvalue weighted by molar-refractivity contribution is 5.83. The van der Waals surface area contributed by atoms with Crippen molar-refractivity contribution in [1.29, 1.82) is 0 Å². The normalized spacial score (nSPS) is 19.0. The third kappa shape index (κ3) is 5.91. The van der Waals surface area contributed by atoms with Crippen LogP contribution in [0.2, 0.25) is 0 Å². The van der Waals surface area contributed by atoms with Crippen LogP contribution in [0, 0.1) is 5.41 Å². The Labute approximate surface area is 127 Å². The summed E-state index contributed by atoms with van der Waals surface area (Å²) in [5.41, 5.74) is -0.520. The highest BCUT2D eigenvalue weighted by Crippen LogP contribution is 2.19. The number of likely N-dealkylation sites (tertiary alicyclic amines) is 1. The van der Waals surface area contributed by atoms with Crippen molar-refractivity contribution in [2.75, 3.05) is 19.6 Å². The third-order valence-electron chi connectivity index (χ3n) is 3.85. The Morgan fingerprint density at radius 3 is 2.29 bits per heavy atom. The maximum atomic E-state index is 12.0. The van der Waals surface area contributed by atoms with Crippen LogP contribution in [0.4, 0.5) is 4.79 Å². The number of urea groups is 1. The summed E-state index contributed by atoms with van der Waals surface area (Å²) in [4.78, 5) is 25.6. The van der Waals surface area contributed by atoms with E-state index in [-0.39, 0.29) is 12.1 Å². The fourth-order valence-electron chi connectivity index (χ4n) is 2.62.